The smallest absolute Gasteiger partial charge is 0.288 e. The molecule has 1 aromatic heterocycles. The van der Waals surface area contributed by atoms with Crippen LogP contribution in [0.3, 0.4) is 0 Å². The molecule has 0 saturated carbocycles. The molecule has 0 N–H and O–H groups in total. The van der Waals surface area contributed by atoms with Crippen LogP contribution in [0.1, 0.15) is 5.56 Å². The van der Waals surface area contributed by atoms with Crippen molar-refractivity contribution in [1.82, 2.24) is 14.7 Å². The summed E-state index contributed by atoms with van der Waals surface area (Å²) in [6, 6.07) is 13.4. The second kappa shape index (κ2) is 8.90. The van der Waals surface area contributed by atoms with E-state index in [1.54, 1.807) is 32.1 Å². The SMILES string of the molecule is COc1cccc(CN(C)Cn2nc(-c3ccc(OC)c(OC)c3)oc2=S)c1. The molecular formula is C20H23N3O4S. The molecule has 0 spiro atoms. The van der Waals surface area contributed by atoms with Crippen LogP contribution in [0.25, 0.3) is 11.5 Å². The van der Waals surface area contributed by atoms with E-state index >= 15 is 0 Å². The van der Waals surface area contributed by atoms with E-state index in [1.807, 2.05) is 37.4 Å². The van der Waals surface area contributed by atoms with E-state index < -0.39 is 0 Å². The summed E-state index contributed by atoms with van der Waals surface area (Å²) in [5.41, 5.74) is 1.90. The first-order chi connectivity index (χ1) is 13.5. The van der Waals surface area contributed by atoms with Crippen LogP contribution in [0.4, 0.5) is 0 Å². The average molecular weight is 401 g/mol. The summed E-state index contributed by atoms with van der Waals surface area (Å²) in [5, 5.41) is 4.51. The lowest BCUT2D eigenvalue weighted by molar-refractivity contribution is 0.240. The molecule has 0 bridgehead atoms. The highest BCUT2D eigenvalue weighted by atomic mass is 32.1. The Morgan fingerprint density at radius 3 is 2.54 bits per heavy atom. The van der Waals surface area contributed by atoms with Crippen molar-refractivity contribution < 1.29 is 18.6 Å². The van der Waals surface area contributed by atoms with E-state index in [-0.39, 0.29) is 0 Å². The monoisotopic (exact) mass is 401 g/mol. The Hall–Kier alpha value is -2.84. The highest BCUT2D eigenvalue weighted by Crippen LogP contribution is 2.31. The van der Waals surface area contributed by atoms with Crippen LogP contribution in [0.5, 0.6) is 17.2 Å². The second-order valence-corrected chi connectivity index (χ2v) is 6.60. The van der Waals surface area contributed by atoms with E-state index in [4.69, 9.17) is 30.8 Å². The maximum absolute atomic E-state index is 5.68. The van der Waals surface area contributed by atoms with E-state index in [0.29, 0.717) is 28.9 Å². The maximum Gasteiger partial charge on any atom is 0.288 e. The molecule has 0 aliphatic heterocycles. The van der Waals surface area contributed by atoms with Gasteiger partial charge in [0.15, 0.2) is 11.5 Å². The standard InChI is InChI=1S/C20H23N3O4S/c1-22(12-14-6-5-7-16(10-14)24-2)13-23-20(28)27-19(21-23)15-8-9-17(25-3)18(11-15)26-4/h5-11H,12-13H2,1-4H3. The van der Waals surface area contributed by atoms with Crippen LogP contribution in [-0.2, 0) is 13.2 Å². The van der Waals surface area contributed by atoms with E-state index in [9.17, 15) is 0 Å². The van der Waals surface area contributed by atoms with Crippen LogP contribution in [-0.4, -0.2) is 43.1 Å². The summed E-state index contributed by atoms with van der Waals surface area (Å²) in [5.74, 6) is 2.51. The van der Waals surface area contributed by atoms with Gasteiger partial charge in [0.1, 0.15) is 5.75 Å². The van der Waals surface area contributed by atoms with Crippen LogP contribution < -0.4 is 14.2 Å². The van der Waals surface area contributed by atoms with Gasteiger partial charge < -0.3 is 18.6 Å². The van der Waals surface area contributed by atoms with Crippen LogP contribution in [0.15, 0.2) is 46.9 Å². The lowest BCUT2D eigenvalue weighted by atomic mass is 10.2. The number of ether oxygens (including phenoxy) is 3. The van der Waals surface area contributed by atoms with Crippen molar-refractivity contribution in [3.8, 4) is 28.7 Å². The first-order valence-electron chi connectivity index (χ1n) is 8.66. The zero-order valence-corrected chi connectivity index (χ0v) is 17.2. The van der Waals surface area contributed by atoms with Crippen LogP contribution in [0.2, 0.25) is 0 Å². The molecule has 7 nitrogen and oxygen atoms in total. The van der Waals surface area contributed by atoms with Crippen LogP contribution >= 0.6 is 12.2 Å². The molecule has 0 unspecified atom stereocenters. The molecule has 8 heteroatoms. The highest BCUT2D eigenvalue weighted by molar-refractivity contribution is 7.71. The molecule has 0 aliphatic rings. The summed E-state index contributed by atoms with van der Waals surface area (Å²) < 4.78 is 23.2. The molecule has 1 heterocycles. The highest BCUT2D eigenvalue weighted by Gasteiger charge is 2.13. The van der Waals surface area contributed by atoms with Gasteiger partial charge in [0.25, 0.3) is 4.84 Å². The van der Waals surface area contributed by atoms with E-state index in [2.05, 4.69) is 16.1 Å². The predicted molar refractivity (Wildman–Crippen MR) is 108 cm³/mol. The number of hydrogen-bond acceptors (Lipinski definition) is 7. The molecule has 0 saturated heterocycles. The molecule has 148 valence electrons. The number of hydrogen-bond donors (Lipinski definition) is 0. The van der Waals surface area contributed by atoms with E-state index in [1.165, 1.54) is 0 Å². The van der Waals surface area contributed by atoms with Crippen molar-refractivity contribution in [3.05, 3.63) is 52.9 Å². The molecule has 3 rings (SSSR count). The summed E-state index contributed by atoms with van der Waals surface area (Å²) >= 11 is 5.34. The number of methoxy groups -OCH3 is 3. The third-order valence-electron chi connectivity index (χ3n) is 4.20. The van der Waals surface area contributed by atoms with Gasteiger partial charge >= 0.3 is 0 Å². The number of aromatic nitrogens is 2. The van der Waals surface area contributed by atoms with Crippen LogP contribution in [0, 0.1) is 4.84 Å². The van der Waals surface area contributed by atoms with Gasteiger partial charge in [0, 0.05) is 12.1 Å². The topological polar surface area (TPSA) is 61.9 Å². The third-order valence-corrected chi connectivity index (χ3v) is 4.49. The fourth-order valence-electron chi connectivity index (χ4n) is 2.84. The normalized spacial score (nSPS) is 10.9. The Balaban J connectivity index is 1.76. The minimum atomic E-state index is 0.308. The molecule has 0 atom stereocenters. The second-order valence-electron chi connectivity index (χ2n) is 6.25. The summed E-state index contributed by atoms with van der Waals surface area (Å²) in [6.07, 6.45) is 0. The van der Waals surface area contributed by atoms with Crippen molar-refractivity contribution >= 4 is 12.2 Å². The van der Waals surface area contributed by atoms with Crippen molar-refractivity contribution in [3.63, 3.8) is 0 Å². The van der Waals surface area contributed by atoms with Gasteiger partial charge in [0.05, 0.1) is 28.0 Å². The molecule has 3 aromatic rings. The molecule has 28 heavy (non-hydrogen) atoms. The van der Waals surface area contributed by atoms with Crippen molar-refractivity contribution in [1.29, 1.82) is 0 Å². The fraction of sp³-hybridized carbons (Fsp3) is 0.300. The Morgan fingerprint density at radius 2 is 1.82 bits per heavy atom. The van der Waals surface area contributed by atoms with Crippen molar-refractivity contribution in [2.45, 2.75) is 13.2 Å². The molecule has 0 amide bonds. The Kier molecular flexibility index (Phi) is 6.33. The Morgan fingerprint density at radius 1 is 1.04 bits per heavy atom. The Bertz CT molecular complexity index is 999. The zero-order valence-electron chi connectivity index (χ0n) is 16.3. The largest absolute Gasteiger partial charge is 0.497 e. The van der Waals surface area contributed by atoms with Gasteiger partial charge in [-0.05, 0) is 55.2 Å². The summed E-state index contributed by atoms with van der Waals surface area (Å²) in [7, 11) is 6.83. The first kappa shape index (κ1) is 19.9. The summed E-state index contributed by atoms with van der Waals surface area (Å²) in [6.45, 7) is 1.21. The van der Waals surface area contributed by atoms with Gasteiger partial charge in [-0.25, -0.2) is 4.68 Å². The van der Waals surface area contributed by atoms with Crippen molar-refractivity contribution in [2.24, 2.45) is 0 Å². The number of rotatable bonds is 8. The molecule has 2 aromatic carbocycles. The quantitative estimate of drug-likeness (QED) is 0.529. The first-order valence-corrected chi connectivity index (χ1v) is 9.06. The van der Waals surface area contributed by atoms with E-state index in [0.717, 1.165) is 23.4 Å². The Labute approximate surface area is 169 Å². The zero-order chi connectivity index (χ0) is 20.1. The molecule has 0 radical (unpaired) electrons. The van der Waals surface area contributed by atoms with Gasteiger partial charge in [-0.15, -0.1) is 5.10 Å². The average Bonchev–Trinajstić information content (AvgIpc) is 3.07. The minimum absolute atomic E-state index is 0.308. The number of nitrogens with zero attached hydrogens (tertiary/aromatic N) is 3. The van der Waals surface area contributed by atoms with Crippen molar-refractivity contribution in [2.75, 3.05) is 28.4 Å². The molecule has 0 fully saturated rings. The van der Waals surface area contributed by atoms with Gasteiger partial charge in [-0.3, -0.25) is 4.90 Å². The minimum Gasteiger partial charge on any atom is -0.497 e. The van der Waals surface area contributed by atoms with Gasteiger partial charge in [0.2, 0.25) is 5.89 Å². The molecular weight excluding hydrogens is 378 g/mol. The van der Waals surface area contributed by atoms with Gasteiger partial charge in [-0.1, -0.05) is 12.1 Å². The van der Waals surface area contributed by atoms with Gasteiger partial charge in [-0.2, -0.15) is 0 Å². The summed E-state index contributed by atoms with van der Waals surface area (Å²) in [4.78, 5) is 2.40. The maximum atomic E-state index is 5.68. The lowest BCUT2D eigenvalue weighted by Crippen LogP contribution is -2.22. The lowest BCUT2D eigenvalue weighted by Gasteiger charge is -2.16. The molecule has 0 aliphatic carbocycles. The fourth-order valence-corrected chi connectivity index (χ4v) is 3.02. The number of benzene rings is 2. The predicted octanol–water partition coefficient (Wildman–Crippen LogP) is 3.99. The third kappa shape index (κ3) is 4.52.